The molecule has 4 aromatic heterocycles. The van der Waals surface area contributed by atoms with Crippen LogP contribution in [0.3, 0.4) is 0 Å². The fourth-order valence-corrected chi connectivity index (χ4v) is 11.9. The van der Waals surface area contributed by atoms with Crippen LogP contribution in [0.2, 0.25) is 0 Å². The van der Waals surface area contributed by atoms with Crippen LogP contribution in [0.15, 0.2) is 146 Å². The predicted molar refractivity (Wildman–Crippen MR) is 374 cm³/mol. The average Bonchev–Trinajstić information content (AvgIpc) is 0.782. The molecule has 0 bridgehead atoms. The van der Waals surface area contributed by atoms with Gasteiger partial charge in [0.05, 0.1) is 98.3 Å². The minimum absolute atomic E-state index is 0. The fourth-order valence-electron chi connectivity index (χ4n) is 10.2. The Balaban J connectivity index is 0.000000275. The number of benzene rings is 8. The molecular weight excluding hydrogens is 1510 g/mol. The molecule has 0 fully saturated rings. The number of amides is 4. The van der Waals surface area contributed by atoms with Gasteiger partial charge in [0.15, 0.2) is 0 Å². The molecule has 14 rings (SSSR count). The van der Waals surface area contributed by atoms with E-state index in [1.54, 1.807) is 24.8 Å². The van der Waals surface area contributed by atoms with Crippen molar-refractivity contribution in [2.24, 2.45) is 0 Å². The summed E-state index contributed by atoms with van der Waals surface area (Å²) in [5.74, 6) is 1.75. The molecule has 34 heteroatoms. The van der Waals surface area contributed by atoms with Crippen molar-refractivity contribution in [3.63, 3.8) is 0 Å². The first-order valence-electron chi connectivity index (χ1n) is 27.9. The summed E-state index contributed by atoms with van der Waals surface area (Å²) in [6.07, 6.45) is 3.02. The van der Waals surface area contributed by atoms with Gasteiger partial charge in [-0.2, -0.15) is 34.3 Å². The van der Waals surface area contributed by atoms with E-state index in [0.29, 0.717) is 35.5 Å². The molecule has 0 saturated heterocycles. The molecule has 12 aromatic rings. The Kier molecular flexibility index (Phi) is 32.0. The predicted octanol–water partition coefficient (Wildman–Crippen LogP) is 13.4. The first-order valence-corrected chi connectivity index (χ1v) is 31.9. The quantitative estimate of drug-likeness (QED) is 0.0501. The maximum Gasteiger partial charge on any atom is 2.00 e. The number of fused-ring (bicyclic) bond motifs is 13. The molecule has 2 aliphatic rings. The second kappa shape index (κ2) is 39.2. The number of methoxy groups -OCH3 is 4. The molecule has 0 spiro atoms. The first-order chi connectivity index (χ1) is 46.5. The van der Waals surface area contributed by atoms with Crippen molar-refractivity contribution in [3.8, 4) is 78.8 Å². The van der Waals surface area contributed by atoms with E-state index < -0.39 is 24.4 Å². The third-order valence-electron chi connectivity index (χ3n) is 14.5. The maximum atomic E-state index is 10.7. The summed E-state index contributed by atoms with van der Waals surface area (Å²) in [6.45, 7) is 0.971. The molecule has 4 radical (unpaired) electrons. The van der Waals surface area contributed by atoms with Crippen molar-refractivity contribution in [2.45, 2.75) is 13.2 Å². The smallest absolute Gasteiger partial charge is 0.632 e. The number of carbonyl (C=O) groups excluding carboxylic acids is 8. The zero-order valence-electron chi connectivity index (χ0n) is 52.6. The van der Waals surface area contributed by atoms with Gasteiger partial charge in [-0.05, 0) is 91.3 Å². The van der Waals surface area contributed by atoms with Crippen LogP contribution in [0.5, 0.6) is 11.5 Å². The third-order valence-corrected chi connectivity index (χ3v) is 16.8. The molecular formula is C66H52N12O14P4V4. The molecule has 26 nitrogen and oxygen atoms in total. The molecule has 500 valence electrons. The van der Waals surface area contributed by atoms with Gasteiger partial charge in [0, 0.05) is 49.9 Å². The van der Waals surface area contributed by atoms with E-state index in [2.05, 4.69) is 174 Å². The minimum atomic E-state index is -0.995. The molecule has 4 amide bonds. The number of nitrogens with zero attached hydrogens (tertiary/aromatic N) is 4. The van der Waals surface area contributed by atoms with Crippen molar-refractivity contribution in [1.29, 1.82) is 0 Å². The van der Waals surface area contributed by atoms with Crippen LogP contribution in [-0.4, -0.2) is 117 Å². The number of ether oxygens (including phenoxy) is 6. The molecule has 0 aliphatic carbocycles. The zero-order chi connectivity index (χ0) is 68.4. The van der Waals surface area contributed by atoms with Gasteiger partial charge in [-0.25, -0.2) is 44.0 Å². The Morgan fingerprint density at radius 2 is 0.680 bits per heavy atom. The largest absolute Gasteiger partial charge is 2.00 e. The molecule has 0 saturated carbocycles. The first kappa shape index (κ1) is 81.7. The van der Waals surface area contributed by atoms with Gasteiger partial charge < -0.3 is 90.5 Å². The second-order valence-corrected chi connectivity index (χ2v) is 23.6. The number of nitrogens with one attached hydrogen (secondary N) is 8. The van der Waals surface area contributed by atoms with Gasteiger partial charge in [0.1, 0.15) is 24.7 Å². The van der Waals surface area contributed by atoms with Crippen molar-refractivity contribution in [2.75, 3.05) is 28.4 Å². The topological polar surface area (TPSA) is 402 Å². The average molecular weight is 1560 g/mol. The number of rotatable bonds is 12. The van der Waals surface area contributed by atoms with E-state index in [1.807, 2.05) is 30.2 Å². The molecule has 2 aliphatic heterocycles. The van der Waals surface area contributed by atoms with Crippen LogP contribution in [0, 0.1) is 0 Å². The Morgan fingerprint density at radius 3 is 1.04 bits per heavy atom. The van der Waals surface area contributed by atoms with Gasteiger partial charge in [0.25, 0.3) is 0 Å². The van der Waals surface area contributed by atoms with Crippen LogP contribution in [0.4, 0.5) is 19.2 Å². The van der Waals surface area contributed by atoms with Crippen LogP contribution in [0.25, 0.3) is 133 Å². The van der Waals surface area contributed by atoms with Gasteiger partial charge in [-0.1, -0.05) is 78.9 Å². The summed E-state index contributed by atoms with van der Waals surface area (Å²) in [5, 5.41) is 8.85. The summed E-state index contributed by atoms with van der Waals surface area (Å²) in [4.78, 5) is 110. The summed E-state index contributed by atoms with van der Waals surface area (Å²) in [5.41, 5.74) is 40.7. The van der Waals surface area contributed by atoms with E-state index in [4.69, 9.17) is 32.4 Å². The Labute approximate surface area is 624 Å². The van der Waals surface area contributed by atoms with Crippen LogP contribution in [0.1, 0.15) is 11.1 Å². The minimum Gasteiger partial charge on any atom is -0.632 e. The molecule has 100 heavy (non-hydrogen) atoms. The Hall–Kier alpha value is -8.94. The van der Waals surface area contributed by atoms with Gasteiger partial charge in [-0.3, -0.25) is 19.2 Å². The Bertz CT molecular complexity index is 4460. The SMILES string of the molecule is COC([NH-])=O.COC([NH-])=O.COC([NH-])=O.COC([NH-])=O.O=[C-]Pc1ncc(-c2ccc3c4c(ccc3c2)-c2ccc3cc(-c5cnc(P[C-]=O)[nH]5)ccc3c2OC4)[nH]1.O=[C-]Pc1ncc(-c2ccc3cc4c(cc3c2)OCc2c-4ccc3cc(-c4cnc(P[C-]=O)[nH]4)ccc23)[nH]1.[V+2].[V+2].[V+2].[V+2]. The monoisotopic (exact) mass is 1560 g/mol. The van der Waals surface area contributed by atoms with Crippen LogP contribution in [-0.2, 0) is 126 Å². The van der Waals surface area contributed by atoms with Crippen molar-refractivity contribution < 1.29 is 141 Å². The maximum absolute atomic E-state index is 10.7. The van der Waals surface area contributed by atoms with Gasteiger partial charge in [0.2, 0.25) is 24.4 Å². The van der Waals surface area contributed by atoms with E-state index >= 15 is 0 Å². The second-order valence-electron chi connectivity index (χ2n) is 19.9. The van der Waals surface area contributed by atoms with Crippen LogP contribution >= 0.6 is 34.3 Å². The van der Waals surface area contributed by atoms with Crippen LogP contribution < -0.4 is 31.7 Å². The van der Waals surface area contributed by atoms with Crippen molar-refractivity contribution in [1.82, 2.24) is 39.9 Å². The van der Waals surface area contributed by atoms with E-state index in [9.17, 15) is 38.4 Å². The van der Waals surface area contributed by atoms with E-state index in [-0.39, 0.29) is 109 Å². The summed E-state index contributed by atoms with van der Waals surface area (Å²) < 4.78 is 27.8. The van der Waals surface area contributed by atoms with Gasteiger partial charge in [-0.15, -0.1) is 0 Å². The fraction of sp³-hybridized carbons (Fsp3) is 0.0909. The molecule has 4 atom stereocenters. The zero-order valence-corrected chi connectivity index (χ0v) is 62.2. The molecule has 8 aromatic carbocycles. The summed E-state index contributed by atoms with van der Waals surface area (Å²) in [7, 11) is 4.24. The number of hydrogen-bond donors (Lipinski definition) is 4. The number of carbonyl (C=O) groups is 4. The van der Waals surface area contributed by atoms with Crippen molar-refractivity contribution >= 4 is 148 Å². The normalized spacial score (nSPS) is 11.1. The van der Waals surface area contributed by atoms with Gasteiger partial charge >= 0.3 is 74.2 Å². The molecule has 8 N–H and O–H groups in total. The summed E-state index contributed by atoms with van der Waals surface area (Å²) >= 11 is 0. The number of imidazole rings is 4. The van der Waals surface area contributed by atoms with E-state index in [0.717, 1.165) is 150 Å². The van der Waals surface area contributed by atoms with E-state index in [1.165, 1.54) is 11.1 Å². The molecule has 4 unspecified atom stereocenters. The summed E-state index contributed by atoms with van der Waals surface area (Å²) in [6, 6.07) is 49.9. The Morgan fingerprint density at radius 1 is 0.380 bits per heavy atom. The number of H-pyrrole nitrogens is 4. The third kappa shape index (κ3) is 20.4. The standard InChI is InChI=1S/2C29H18N4O3P2.4C2H5NO2.4V/c34-14-37-28-30-11-25(32-28)18-3-5-20-16(9-18)1-7-22-23-8-2-17-10-19(26-12-31-29(33-26)38-15-35)4-6-21(17)27(23)36-13-24(20)22;34-14-37-28-30-11-25(32-28)18-2-1-16-9-23-22-6-3-17-7-19(26-12-31-29(33-26)38-15-35)4-5-21(17)24(22)13-36-27(23)10-20(16)8-18;4*1-5-2(3)4;;;;/h2*1-12,37-38H,13H2,(H,30,32)(H,31,33);4*1H3,(H2,3,4);;;;/q2*-2;;;;;4*+2/p-4. The van der Waals surface area contributed by atoms with Crippen molar-refractivity contribution in [3.05, 3.63) is 180 Å². The number of aromatic nitrogens is 8. The molecule has 6 heterocycles. The number of hydrogen-bond acceptors (Lipinski definition) is 18. The number of aromatic amines is 4.